The van der Waals surface area contributed by atoms with Crippen molar-refractivity contribution in [3.05, 3.63) is 64.1 Å². The zero-order chi connectivity index (χ0) is 14.5. The largest absolute Gasteiger partial charge is 0.325 e. The van der Waals surface area contributed by atoms with Gasteiger partial charge in [-0.1, -0.05) is 60.5 Å². The molecular formula is C16H15Cl2NO. The van der Waals surface area contributed by atoms with Crippen molar-refractivity contribution in [1.82, 2.24) is 0 Å². The second kappa shape index (κ2) is 6.78. The van der Waals surface area contributed by atoms with Crippen LogP contribution in [0.5, 0.6) is 0 Å². The molecule has 104 valence electrons. The highest BCUT2D eigenvalue weighted by Gasteiger charge is 2.18. The van der Waals surface area contributed by atoms with Gasteiger partial charge in [-0.2, -0.15) is 0 Å². The molecule has 1 atom stereocenters. The zero-order valence-corrected chi connectivity index (χ0v) is 12.6. The number of halogens is 2. The summed E-state index contributed by atoms with van der Waals surface area (Å²) in [7, 11) is 0. The number of hydrogen-bond acceptors (Lipinski definition) is 1. The highest BCUT2D eigenvalue weighted by molar-refractivity contribution is 6.35. The van der Waals surface area contributed by atoms with Gasteiger partial charge in [-0.15, -0.1) is 0 Å². The monoisotopic (exact) mass is 307 g/mol. The van der Waals surface area contributed by atoms with Crippen LogP contribution in [0, 0.1) is 0 Å². The Morgan fingerprint density at radius 1 is 1.10 bits per heavy atom. The molecule has 0 radical (unpaired) electrons. The van der Waals surface area contributed by atoms with Gasteiger partial charge in [0.1, 0.15) is 0 Å². The van der Waals surface area contributed by atoms with Crippen LogP contribution in [0.25, 0.3) is 0 Å². The molecule has 0 aliphatic carbocycles. The Balaban J connectivity index is 2.18. The van der Waals surface area contributed by atoms with Crippen LogP contribution in [-0.2, 0) is 4.79 Å². The minimum Gasteiger partial charge on any atom is -0.325 e. The summed E-state index contributed by atoms with van der Waals surface area (Å²) in [5.74, 6) is -0.244. The Hall–Kier alpha value is -1.51. The number of amides is 1. The minimum atomic E-state index is -0.186. The third kappa shape index (κ3) is 3.75. The van der Waals surface area contributed by atoms with Gasteiger partial charge in [0.2, 0.25) is 5.91 Å². The third-order valence-corrected chi connectivity index (χ3v) is 3.49. The molecule has 0 heterocycles. The SMILES string of the molecule is CC[C@H](C(=O)Nc1cc(Cl)cc(Cl)c1)c1ccccc1. The number of hydrogen-bond donors (Lipinski definition) is 1. The van der Waals surface area contributed by atoms with Gasteiger partial charge in [-0.25, -0.2) is 0 Å². The van der Waals surface area contributed by atoms with Gasteiger partial charge in [-0.3, -0.25) is 4.79 Å². The Kier molecular flexibility index (Phi) is 5.05. The van der Waals surface area contributed by atoms with Crippen molar-refractivity contribution in [2.24, 2.45) is 0 Å². The molecule has 4 heteroatoms. The van der Waals surface area contributed by atoms with Crippen LogP contribution in [0.4, 0.5) is 5.69 Å². The number of anilines is 1. The summed E-state index contributed by atoms with van der Waals surface area (Å²) in [6.07, 6.45) is 0.726. The molecule has 20 heavy (non-hydrogen) atoms. The van der Waals surface area contributed by atoms with Gasteiger partial charge in [0.15, 0.2) is 0 Å². The molecule has 2 aromatic rings. The van der Waals surface area contributed by atoms with Crippen molar-refractivity contribution < 1.29 is 4.79 Å². The predicted octanol–water partition coefficient (Wildman–Crippen LogP) is 5.13. The second-order valence-electron chi connectivity index (χ2n) is 4.52. The van der Waals surface area contributed by atoms with E-state index in [0.29, 0.717) is 15.7 Å². The van der Waals surface area contributed by atoms with Gasteiger partial charge in [0.25, 0.3) is 0 Å². The van der Waals surface area contributed by atoms with Crippen LogP contribution in [0.1, 0.15) is 24.8 Å². The summed E-state index contributed by atoms with van der Waals surface area (Å²) >= 11 is 11.9. The van der Waals surface area contributed by atoms with Gasteiger partial charge in [-0.05, 0) is 30.2 Å². The van der Waals surface area contributed by atoms with Crippen LogP contribution in [-0.4, -0.2) is 5.91 Å². The fourth-order valence-corrected chi connectivity index (χ4v) is 2.64. The van der Waals surface area contributed by atoms with Crippen LogP contribution in [0.2, 0.25) is 10.0 Å². The fraction of sp³-hybridized carbons (Fsp3) is 0.188. The van der Waals surface area contributed by atoms with Crippen molar-refractivity contribution in [2.45, 2.75) is 19.3 Å². The average molecular weight is 308 g/mol. The summed E-state index contributed by atoms with van der Waals surface area (Å²) in [6, 6.07) is 14.7. The van der Waals surface area contributed by atoms with E-state index < -0.39 is 0 Å². The Morgan fingerprint density at radius 2 is 1.70 bits per heavy atom. The van der Waals surface area contributed by atoms with Gasteiger partial charge < -0.3 is 5.32 Å². The molecule has 0 aliphatic rings. The van der Waals surface area contributed by atoms with Crippen LogP contribution in [0.3, 0.4) is 0 Å². The lowest BCUT2D eigenvalue weighted by atomic mass is 9.95. The summed E-state index contributed by atoms with van der Waals surface area (Å²) < 4.78 is 0. The molecule has 2 nitrogen and oxygen atoms in total. The van der Waals surface area contributed by atoms with Crippen molar-refractivity contribution in [3.8, 4) is 0 Å². The van der Waals surface area contributed by atoms with E-state index in [1.165, 1.54) is 0 Å². The summed E-state index contributed by atoms with van der Waals surface area (Å²) in [5, 5.41) is 3.87. The minimum absolute atomic E-state index is 0.0583. The van der Waals surface area contributed by atoms with E-state index in [-0.39, 0.29) is 11.8 Å². The molecule has 0 aromatic heterocycles. The smallest absolute Gasteiger partial charge is 0.231 e. The molecule has 0 aliphatic heterocycles. The molecule has 0 unspecified atom stereocenters. The first-order valence-electron chi connectivity index (χ1n) is 6.42. The highest BCUT2D eigenvalue weighted by Crippen LogP contribution is 2.25. The first-order valence-corrected chi connectivity index (χ1v) is 7.17. The first kappa shape index (κ1) is 14.9. The summed E-state index contributed by atoms with van der Waals surface area (Å²) in [5.41, 5.74) is 1.61. The van der Waals surface area contributed by atoms with E-state index in [0.717, 1.165) is 12.0 Å². The average Bonchev–Trinajstić information content (AvgIpc) is 2.39. The van der Waals surface area contributed by atoms with E-state index in [4.69, 9.17) is 23.2 Å². The zero-order valence-electron chi connectivity index (χ0n) is 11.1. The van der Waals surface area contributed by atoms with Crippen molar-refractivity contribution >= 4 is 34.8 Å². The first-order chi connectivity index (χ1) is 9.60. The van der Waals surface area contributed by atoms with Crippen LogP contribution >= 0.6 is 23.2 Å². The topological polar surface area (TPSA) is 29.1 Å². The summed E-state index contributed by atoms with van der Waals surface area (Å²) in [6.45, 7) is 1.99. The number of nitrogens with one attached hydrogen (secondary N) is 1. The number of benzene rings is 2. The molecule has 0 fully saturated rings. The van der Waals surface area contributed by atoms with E-state index in [9.17, 15) is 4.79 Å². The molecule has 1 amide bonds. The van der Waals surface area contributed by atoms with E-state index in [2.05, 4.69) is 5.32 Å². The lowest BCUT2D eigenvalue weighted by Gasteiger charge is -2.15. The van der Waals surface area contributed by atoms with Crippen molar-refractivity contribution in [1.29, 1.82) is 0 Å². The molecule has 2 rings (SSSR count). The van der Waals surface area contributed by atoms with Crippen molar-refractivity contribution in [3.63, 3.8) is 0 Å². The van der Waals surface area contributed by atoms with Crippen molar-refractivity contribution in [2.75, 3.05) is 5.32 Å². The quantitative estimate of drug-likeness (QED) is 0.834. The lowest BCUT2D eigenvalue weighted by molar-refractivity contribution is -0.117. The van der Waals surface area contributed by atoms with E-state index >= 15 is 0 Å². The molecule has 2 aromatic carbocycles. The van der Waals surface area contributed by atoms with Gasteiger partial charge in [0, 0.05) is 15.7 Å². The maximum Gasteiger partial charge on any atom is 0.231 e. The Morgan fingerprint density at radius 3 is 2.25 bits per heavy atom. The Labute approximate surface area is 128 Å². The molecular weight excluding hydrogens is 293 g/mol. The number of carbonyl (C=O) groups excluding carboxylic acids is 1. The standard InChI is InChI=1S/C16H15Cl2NO/c1-2-15(11-6-4-3-5-7-11)16(20)19-14-9-12(17)8-13(18)10-14/h3-10,15H,2H2,1H3,(H,19,20)/t15-/m0/s1. The maximum absolute atomic E-state index is 12.4. The van der Waals surface area contributed by atoms with Gasteiger partial charge in [0.05, 0.1) is 5.92 Å². The number of carbonyl (C=O) groups is 1. The molecule has 1 N–H and O–H groups in total. The van der Waals surface area contributed by atoms with E-state index in [1.807, 2.05) is 37.3 Å². The van der Waals surface area contributed by atoms with Gasteiger partial charge >= 0.3 is 0 Å². The molecule has 0 saturated carbocycles. The Bertz CT molecular complexity index is 578. The fourth-order valence-electron chi connectivity index (χ4n) is 2.11. The maximum atomic E-state index is 12.4. The predicted molar refractivity (Wildman–Crippen MR) is 84.6 cm³/mol. The second-order valence-corrected chi connectivity index (χ2v) is 5.39. The third-order valence-electron chi connectivity index (χ3n) is 3.06. The molecule has 0 saturated heterocycles. The van der Waals surface area contributed by atoms with Crippen LogP contribution in [0.15, 0.2) is 48.5 Å². The normalized spacial score (nSPS) is 11.9. The lowest BCUT2D eigenvalue weighted by Crippen LogP contribution is -2.20. The van der Waals surface area contributed by atoms with Crippen LogP contribution < -0.4 is 5.32 Å². The molecule has 0 bridgehead atoms. The molecule has 0 spiro atoms. The van der Waals surface area contributed by atoms with E-state index in [1.54, 1.807) is 18.2 Å². The highest BCUT2D eigenvalue weighted by atomic mass is 35.5. The summed E-state index contributed by atoms with van der Waals surface area (Å²) in [4.78, 5) is 12.4. The number of rotatable bonds is 4.